The van der Waals surface area contributed by atoms with Gasteiger partial charge in [0.05, 0.1) is 25.7 Å². The number of hydrogen-bond donors (Lipinski definition) is 2. The zero-order valence-corrected chi connectivity index (χ0v) is 15.9. The van der Waals surface area contributed by atoms with Crippen molar-refractivity contribution in [3.63, 3.8) is 0 Å². The second-order valence-electron chi connectivity index (χ2n) is 5.25. The molecule has 0 aliphatic rings. The lowest BCUT2D eigenvalue weighted by Crippen LogP contribution is -2.36. The van der Waals surface area contributed by atoms with Gasteiger partial charge in [-0.15, -0.1) is 0 Å². The first kappa shape index (κ1) is 20.0. The highest BCUT2D eigenvalue weighted by atomic mass is 35.5. The van der Waals surface area contributed by atoms with Gasteiger partial charge in [-0.1, -0.05) is 23.7 Å². The Kier molecular flexibility index (Phi) is 6.84. The molecule has 0 spiro atoms. The second-order valence-corrected chi connectivity index (χ2v) is 7.45. The van der Waals surface area contributed by atoms with Crippen LogP contribution in [-0.2, 0) is 21.4 Å². The largest absolute Gasteiger partial charge is 0.493 e. The quantitative estimate of drug-likeness (QED) is 0.708. The van der Waals surface area contributed by atoms with Crippen molar-refractivity contribution >= 4 is 27.5 Å². The third-order valence-electron chi connectivity index (χ3n) is 3.47. The van der Waals surface area contributed by atoms with E-state index in [-0.39, 0.29) is 18.0 Å². The number of amides is 1. The van der Waals surface area contributed by atoms with Gasteiger partial charge in [-0.25, -0.2) is 13.1 Å². The summed E-state index contributed by atoms with van der Waals surface area (Å²) in [5.74, 6) is 0.656. The summed E-state index contributed by atoms with van der Waals surface area (Å²) >= 11 is 5.79. The average molecular weight is 399 g/mol. The van der Waals surface area contributed by atoms with Crippen LogP contribution in [0.15, 0.2) is 47.4 Å². The fourth-order valence-electron chi connectivity index (χ4n) is 2.13. The van der Waals surface area contributed by atoms with E-state index in [1.54, 1.807) is 24.3 Å². The molecule has 26 heavy (non-hydrogen) atoms. The predicted molar refractivity (Wildman–Crippen MR) is 98.0 cm³/mol. The van der Waals surface area contributed by atoms with Crippen molar-refractivity contribution in [2.75, 3.05) is 20.8 Å². The summed E-state index contributed by atoms with van der Waals surface area (Å²) in [7, 11) is -0.761. The van der Waals surface area contributed by atoms with E-state index in [4.69, 9.17) is 21.1 Å². The summed E-state index contributed by atoms with van der Waals surface area (Å²) in [4.78, 5) is 11.9. The maximum absolute atomic E-state index is 12.1. The summed E-state index contributed by atoms with van der Waals surface area (Å²) in [5.41, 5.74) is 0.786. The highest BCUT2D eigenvalue weighted by Gasteiger charge is 2.15. The number of rotatable bonds is 8. The lowest BCUT2D eigenvalue weighted by atomic mass is 10.2. The minimum atomic E-state index is -3.81. The summed E-state index contributed by atoms with van der Waals surface area (Å²) in [5, 5.41) is 2.93. The Morgan fingerprint density at radius 1 is 1.08 bits per heavy atom. The number of methoxy groups -OCH3 is 2. The van der Waals surface area contributed by atoms with Crippen molar-refractivity contribution in [3.8, 4) is 11.5 Å². The van der Waals surface area contributed by atoms with Gasteiger partial charge in [-0.3, -0.25) is 4.79 Å². The molecule has 0 unspecified atom stereocenters. The zero-order valence-electron chi connectivity index (χ0n) is 14.3. The van der Waals surface area contributed by atoms with Crippen LogP contribution in [0.3, 0.4) is 0 Å². The van der Waals surface area contributed by atoms with E-state index < -0.39 is 15.9 Å². The smallest absolute Gasteiger partial charge is 0.241 e. The average Bonchev–Trinajstić information content (AvgIpc) is 2.64. The molecule has 9 heteroatoms. The molecule has 2 aromatic rings. The van der Waals surface area contributed by atoms with Gasteiger partial charge in [0.1, 0.15) is 0 Å². The highest BCUT2D eigenvalue weighted by Crippen LogP contribution is 2.27. The van der Waals surface area contributed by atoms with Gasteiger partial charge in [0.2, 0.25) is 15.9 Å². The molecule has 0 radical (unpaired) electrons. The van der Waals surface area contributed by atoms with Gasteiger partial charge in [-0.2, -0.15) is 0 Å². The van der Waals surface area contributed by atoms with E-state index in [1.165, 1.54) is 32.4 Å². The number of nitrogens with one attached hydrogen (secondary N) is 2. The van der Waals surface area contributed by atoms with Crippen LogP contribution >= 0.6 is 11.6 Å². The first-order valence-corrected chi connectivity index (χ1v) is 9.44. The maximum Gasteiger partial charge on any atom is 0.241 e. The van der Waals surface area contributed by atoms with Crippen LogP contribution in [0, 0.1) is 0 Å². The van der Waals surface area contributed by atoms with E-state index in [2.05, 4.69) is 10.0 Å². The van der Waals surface area contributed by atoms with Crippen molar-refractivity contribution in [3.05, 3.63) is 53.1 Å². The summed E-state index contributed by atoms with van der Waals surface area (Å²) in [6, 6.07) is 11.0. The Morgan fingerprint density at radius 2 is 1.81 bits per heavy atom. The van der Waals surface area contributed by atoms with Crippen molar-refractivity contribution < 1.29 is 22.7 Å². The molecule has 2 N–H and O–H groups in total. The van der Waals surface area contributed by atoms with Crippen LogP contribution in [0.2, 0.25) is 5.02 Å². The number of carbonyl (C=O) groups is 1. The molecule has 2 aromatic carbocycles. The van der Waals surface area contributed by atoms with Crippen LogP contribution < -0.4 is 19.5 Å². The van der Waals surface area contributed by atoms with E-state index in [1.807, 2.05) is 0 Å². The molecule has 0 bridgehead atoms. The Bertz CT molecular complexity index is 886. The van der Waals surface area contributed by atoms with E-state index in [0.717, 1.165) is 5.56 Å². The first-order valence-electron chi connectivity index (χ1n) is 7.58. The molecule has 0 aromatic heterocycles. The normalized spacial score (nSPS) is 11.0. The fraction of sp³-hybridized carbons (Fsp3) is 0.235. The van der Waals surface area contributed by atoms with Crippen LogP contribution in [0.4, 0.5) is 0 Å². The number of benzene rings is 2. The molecule has 0 aliphatic carbocycles. The third-order valence-corrected chi connectivity index (χ3v) is 5.10. The Hall–Kier alpha value is -2.29. The van der Waals surface area contributed by atoms with Crippen molar-refractivity contribution in [2.24, 2.45) is 0 Å². The van der Waals surface area contributed by atoms with Gasteiger partial charge in [0, 0.05) is 11.6 Å². The number of carbonyl (C=O) groups excluding carboxylic acids is 1. The lowest BCUT2D eigenvalue weighted by Gasteiger charge is -2.11. The zero-order chi connectivity index (χ0) is 19.2. The molecule has 1 amide bonds. The number of ether oxygens (including phenoxy) is 2. The summed E-state index contributed by atoms with van der Waals surface area (Å²) in [6.07, 6.45) is 0. The van der Waals surface area contributed by atoms with Gasteiger partial charge in [0.25, 0.3) is 0 Å². The van der Waals surface area contributed by atoms with Crippen LogP contribution in [0.1, 0.15) is 5.56 Å². The molecule has 7 nitrogen and oxygen atoms in total. The number of sulfonamides is 1. The molecule has 0 aliphatic heterocycles. The lowest BCUT2D eigenvalue weighted by molar-refractivity contribution is -0.120. The SMILES string of the molecule is COc1ccc(CNC(=O)CNS(=O)(=O)c2cccc(Cl)c2)cc1OC. The topological polar surface area (TPSA) is 93.7 Å². The van der Waals surface area contributed by atoms with Gasteiger partial charge in [0.15, 0.2) is 11.5 Å². The molecule has 2 rings (SSSR count). The minimum Gasteiger partial charge on any atom is -0.493 e. The second kappa shape index (κ2) is 8.88. The van der Waals surface area contributed by atoms with E-state index in [9.17, 15) is 13.2 Å². The van der Waals surface area contributed by atoms with Gasteiger partial charge in [-0.05, 0) is 35.9 Å². The van der Waals surface area contributed by atoms with Crippen molar-refractivity contribution in [2.45, 2.75) is 11.4 Å². The molecule has 140 valence electrons. The molecule has 0 heterocycles. The molecule has 0 atom stereocenters. The first-order chi connectivity index (χ1) is 12.4. The summed E-state index contributed by atoms with van der Waals surface area (Å²) in [6.45, 7) is -0.166. The molecule has 0 saturated carbocycles. The summed E-state index contributed by atoms with van der Waals surface area (Å²) < 4.78 is 36.8. The molecular weight excluding hydrogens is 380 g/mol. The highest BCUT2D eigenvalue weighted by molar-refractivity contribution is 7.89. The van der Waals surface area contributed by atoms with Gasteiger partial charge >= 0.3 is 0 Å². The van der Waals surface area contributed by atoms with Crippen LogP contribution in [0.25, 0.3) is 0 Å². The molecule has 0 fully saturated rings. The fourth-order valence-corrected chi connectivity index (χ4v) is 3.41. The molecule has 0 saturated heterocycles. The standard InChI is InChI=1S/C17H19ClN2O5S/c1-24-15-7-6-12(8-16(15)25-2)10-19-17(21)11-20-26(22,23)14-5-3-4-13(18)9-14/h3-9,20H,10-11H2,1-2H3,(H,19,21). The Morgan fingerprint density at radius 3 is 2.46 bits per heavy atom. The number of halogens is 1. The van der Waals surface area contributed by atoms with Gasteiger partial charge < -0.3 is 14.8 Å². The Labute approximate surface area is 157 Å². The van der Waals surface area contributed by atoms with Crippen LogP contribution in [-0.4, -0.2) is 35.1 Å². The predicted octanol–water partition coefficient (Wildman–Crippen LogP) is 1.95. The minimum absolute atomic E-state index is 0.00214. The third kappa shape index (κ3) is 5.35. The monoisotopic (exact) mass is 398 g/mol. The Balaban J connectivity index is 1.91. The van der Waals surface area contributed by atoms with Crippen molar-refractivity contribution in [1.29, 1.82) is 0 Å². The van der Waals surface area contributed by atoms with Crippen molar-refractivity contribution in [1.82, 2.24) is 10.0 Å². The van der Waals surface area contributed by atoms with E-state index in [0.29, 0.717) is 16.5 Å². The maximum atomic E-state index is 12.1. The number of hydrogen-bond acceptors (Lipinski definition) is 5. The van der Waals surface area contributed by atoms with Crippen LogP contribution in [0.5, 0.6) is 11.5 Å². The molecular formula is C17H19ClN2O5S. The van der Waals surface area contributed by atoms with E-state index >= 15 is 0 Å².